The Hall–Kier alpha value is -1.52. The predicted octanol–water partition coefficient (Wildman–Crippen LogP) is 0.802. The fourth-order valence-electron chi connectivity index (χ4n) is 1.05. The SMILES string of the molecule is CC(C)n1nnc2cncnc21. The molecule has 0 unspecified atom stereocenters. The third-order valence-corrected chi connectivity index (χ3v) is 1.63. The summed E-state index contributed by atoms with van der Waals surface area (Å²) in [6.45, 7) is 4.08. The molecule has 0 saturated heterocycles. The van der Waals surface area contributed by atoms with Crippen LogP contribution in [0.25, 0.3) is 11.2 Å². The molecular weight excluding hydrogens is 154 g/mol. The summed E-state index contributed by atoms with van der Waals surface area (Å²) >= 11 is 0. The minimum absolute atomic E-state index is 0.282. The van der Waals surface area contributed by atoms with Crippen LogP contribution in [-0.4, -0.2) is 25.0 Å². The Bertz CT molecular complexity index is 391. The standard InChI is InChI=1S/C7H9N5/c1-5(2)12-7-6(10-11-12)3-8-4-9-7/h3-5H,1-2H3. The molecular formula is C7H9N5. The van der Waals surface area contributed by atoms with Crippen molar-refractivity contribution in [3.05, 3.63) is 12.5 Å². The van der Waals surface area contributed by atoms with Gasteiger partial charge in [0.25, 0.3) is 0 Å². The van der Waals surface area contributed by atoms with E-state index in [1.165, 1.54) is 6.33 Å². The van der Waals surface area contributed by atoms with Gasteiger partial charge in [0.15, 0.2) is 11.2 Å². The van der Waals surface area contributed by atoms with Gasteiger partial charge < -0.3 is 0 Å². The monoisotopic (exact) mass is 163 g/mol. The first kappa shape index (κ1) is 7.15. The van der Waals surface area contributed by atoms with E-state index in [0.29, 0.717) is 0 Å². The first-order chi connectivity index (χ1) is 5.79. The Morgan fingerprint density at radius 3 is 3.00 bits per heavy atom. The van der Waals surface area contributed by atoms with Gasteiger partial charge in [-0.3, -0.25) is 0 Å². The van der Waals surface area contributed by atoms with Crippen LogP contribution >= 0.6 is 0 Å². The van der Waals surface area contributed by atoms with Crippen LogP contribution in [0.2, 0.25) is 0 Å². The van der Waals surface area contributed by atoms with Gasteiger partial charge in [0.2, 0.25) is 0 Å². The van der Waals surface area contributed by atoms with Crippen LogP contribution < -0.4 is 0 Å². The number of hydrogen-bond acceptors (Lipinski definition) is 4. The molecule has 0 bridgehead atoms. The molecule has 5 nitrogen and oxygen atoms in total. The molecule has 0 N–H and O–H groups in total. The summed E-state index contributed by atoms with van der Waals surface area (Å²) in [5, 5.41) is 7.89. The Labute approximate surface area is 69.4 Å². The van der Waals surface area contributed by atoms with E-state index in [1.807, 2.05) is 13.8 Å². The van der Waals surface area contributed by atoms with Gasteiger partial charge in [0, 0.05) is 0 Å². The zero-order valence-corrected chi connectivity index (χ0v) is 6.97. The molecule has 0 radical (unpaired) electrons. The minimum atomic E-state index is 0.282. The molecule has 0 aliphatic rings. The number of rotatable bonds is 1. The van der Waals surface area contributed by atoms with Crippen molar-refractivity contribution < 1.29 is 0 Å². The van der Waals surface area contributed by atoms with Crippen LogP contribution in [0.1, 0.15) is 19.9 Å². The second kappa shape index (κ2) is 2.51. The maximum Gasteiger partial charge on any atom is 0.181 e. The summed E-state index contributed by atoms with van der Waals surface area (Å²) in [4.78, 5) is 7.95. The van der Waals surface area contributed by atoms with E-state index in [-0.39, 0.29) is 6.04 Å². The lowest BCUT2D eigenvalue weighted by Gasteiger charge is -2.02. The van der Waals surface area contributed by atoms with Crippen LogP contribution in [0.3, 0.4) is 0 Å². The highest BCUT2D eigenvalue weighted by Crippen LogP contribution is 2.10. The molecule has 2 aromatic rings. The first-order valence-corrected chi connectivity index (χ1v) is 3.80. The second-order valence-corrected chi connectivity index (χ2v) is 2.86. The quantitative estimate of drug-likeness (QED) is 0.624. The molecule has 2 aromatic heterocycles. The van der Waals surface area contributed by atoms with E-state index in [2.05, 4.69) is 20.3 Å². The highest BCUT2D eigenvalue weighted by atomic mass is 15.4. The van der Waals surface area contributed by atoms with E-state index >= 15 is 0 Å². The van der Waals surface area contributed by atoms with Crippen molar-refractivity contribution in [3.8, 4) is 0 Å². The molecule has 0 aliphatic carbocycles. The third-order valence-electron chi connectivity index (χ3n) is 1.63. The van der Waals surface area contributed by atoms with Gasteiger partial charge in [-0.25, -0.2) is 14.6 Å². The van der Waals surface area contributed by atoms with Crippen LogP contribution in [0.5, 0.6) is 0 Å². The average Bonchev–Trinajstić information content (AvgIpc) is 2.47. The maximum atomic E-state index is 4.09. The van der Waals surface area contributed by atoms with Gasteiger partial charge in [-0.15, -0.1) is 5.10 Å². The van der Waals surface area contributed by atoms with Crippen molar-refractivity contribution >= 4 is 11.2 Å². The molecule has 0 spiro atoms. The average molecular weight is 163 g/mol. The summed E-state index contributed by atoms with van der Waals surface area (Å²) in [7, 11) is 0. The van der Waals surface area contributed by atoms with Gasteiger partial charge in [0.1, 0.15) is 6.33 Å². The van der Waals surface area contributed by atoms with E-state index < -0.39 is 0 Å². The molecule has 0 fully saturated rings. The molecule has 0 aliphatic heterocycles. The Kier molecular flexibility index (Phi) is 1.49. The predicted molar refractivity (Wildman–Crippen MR) is 43.5 cm³/mol. The van der Waals surface area contributed by atoms with Crippen LogP contribution in [-0.2, 0) is 0 Å². The number of nitrogens with zero attached hydrogens (tertiary/aromatic N) is 5. The van der Waals surface area contributed by atoms with Crippen LogP contribution in [0.15, 0.2) is 12.5 Å². The van der Waals surface area contributed by atoms with Crippen LogP contribution in [0.4, 0.5) is 0 Å². The Morgan fingerprint density at radius 2 is 2.25 bits per heavy atom. The minimum Gasteiger partial charge on any atom is -0.242 e. The lowest BCUT2D eigenvalue weighted by molar-refractivity contribution is 0.526. The largest absolute Gasteiger partial charge is 0.242 e. The lowest BCUT2D eigenvalue weighted by atomic mass is 10.4. The highest BCUT2D eigenvalue weighted by Gasteiger charge is 2.06. The van der Waals surface area contributed by atoms with Gasteiger partial charge >= 0.3 is 0 Å². The number of aromatic nitrogens is 5. The molecule has 5 heteroatoms. The summed E-state index contributed by atoms with van der Waals surface area (Å²) in [5.74, 6) is 0. The summed E-state index contributed by atoms with van der Waals surface area (Å²) in [6.07, 6.45) is 3.17. The van der Waals surface area contributed by atoms with Crippen molar-refractivity contribution in [3.63, 3.8) is 0 Å². The molecule has 0 atom stereocenters. The van der Waals surface area contributed by atoms with Gasteiger partial charge in [0.05, 0.1) is 12.2 Å². The van der Waals surface area contributed by atoms with E-state index in [4.69, 9.17) is 0 Å². The molecule has 2 rings (SSSR count). The van der Waals surface area contributed by atoms with E-state index in [1.54, 1.807) is 10.9 Å². The van der Waals surface area contributed by atoms with E-state index in [9.17, 15) is 0 Å². The fraction of sp³-hybridized carbons (Fsp3) is 0.429. The normalized spacial score (nSPS) is 11.2. The van der Waals surface area contributed by atoms with E-state index in [0.717, 1.165) is 11.2 Å². The van der Waals surface area contributed by atoms with Crippen molar-refractivity contribution in [1.82, 2.24) is 25.0 Å². The molecule has 0 aromatic carbocycles. The summed E-state index contributed by atoms with van der Waals surface area (Å²) < 4.78 is 1.77. The molecule has 12 heavy (non-hydrogen) atoms. The molecule has 0 amide bonds. The number of hydrogen-bond donors (Lipinski definition) is 0. The van der Waals surface area contributed by atoms with Gasteiger partial charge in [-0.2, -0.15) is 0 Å². The highest BCUT2D eigenvalue weighted by molar-refractivity contribution is 5.67. The Morgan fingerprint density at radius 1 is 1.42 bits per heavy atom. The smallest absolute Gasteiger partial charge is 0.181 e. The molecule has 0 saturated carbocycles. The van der Waals surface area contributed by atoms with Gasteiger partial charge in [-0.1, -0.05) is 5.21 Å². The topological polar surface area (TPSA) is 56.5 Å². The second-order valence-electron chi connectivity index (χ2n) is 2.86. The molecule has 62 valence electrons. The first-order valence-electron chi connectivity index (χ1n) is 3.80. The maximum absolute atomic E-state index is 4.09. The fourth-order valence-corrected chi connectivity index (χ4v) is 1.05. The summed E-state index contributed by atoms with van der Waals surface area (Å²) in [5.41, 5.74) is 1.53. The van der Waals surface area contributed by atoms with Gasteiger partial charge in [-0.05, 0) is 13.8 Å². The summed E-state index contributed by atoms with van der Waals surface area (Å²) in [6, 6.07) is 0.282. The van der Waals surface area contributed by atoms with Crippen molar-refractivity contribution in [2.75, 3.05) is 0 Å². The lowest BCUT2D eigenvalue weighted by Crippen LogP contribution is -2.03. The zero-order chi connectivity index (χ0) is 8.55. The molecule has 2 heterocycles. The Balaban J connectivity index is 2.70. The van der Waals surface area contributed by atoms with Crippen molar-refractivity contribution in [2.45, 2.75) is 19.9 Å². The van der Waals surface area contributed by atoms with Crippen LogP contribution in [0, 0.1) is 0 Å². The van der Waals surface area contributed by atoms with Crippen molar-refractivity contribution in [1.29, 1.82) is 0 Å². The van der Waals surface area contributed by atoms with Crippen molar-refractivity contribution in [2.24, 2.45) is 0 Å². The zero-order valence-electron chi connectivity index (χ0n) is 6.97. The number of fused-ring (bicyclic) bond motifs is 1. The third kappa shape index (κ3) is 0.939.